The summed E-state index contributed by atoms with van der Waals surface area (Å²) >= 11 is 0. The van der Waals surface area contributed by atoms with Crippen LogP contribution >= 0.6 is 0 Å². The maximum atomic E-state index is 13.3. The first-order chi connectivity index (χ1) is 30.6. The van der Waals surface area contributed by atoms with Crippen LogP contribution in [-0.4, -0.2) is 165 Å². The molecule has 2 N–H and O–H groups in total. The maximum absolute atomic E-state index is 13.3. The number of amides is 2. The Labute approximate surface area is 364 Å². The molecule has 2 aliphatic rings. The number of halogens is 4. The van der Waals surface area contributed by atoms with Gasteiger partial charge in [0.15, 0.2) is 23.3 Å². The SMILES string of the molecule is CC(=O)N1CCN(CCOCc2ccn(-c3ccc(F)c(F)c3)n2)CC1.CC(=O)N1CCN(CCOCc2ccn(-c3ccc(F)c(F)c3)n2)CC1.O=COC(=O)O.O=COC(=O)O. The van der Waals surface area contributed by atoms with Crippen LogP contribution in [0.5, 0.6) is 0 Å². The third-order valence-electron chi connectivity index (χ3n) is 9.16. The average molecular weight is 909 g/mol. The predicted octanol–water partition coefficient (Wildman–Crippen LogP) is 3.34. The summed E-state index contributed by atoms with van der Waals surface area (Å²) in [5.41, 5.74) is 2.35. The molecule has 4 heterocycles. The Balaban J connectivity index is 0.000000272. The van der Waals surface area contributed by atoms with E-state index in [2.05, 4.69) is 29.5 Å². The van der Waals surface area contributed by atoms with E-state index in [0.717, 1.165) is 101 Å². The molecule has 64 heavy (non-hydrogen) atoms. The number of carboxylic acid groups (broad SMARTS) is 2. The largest absolute Gasteiger partial charge is 0.513 e. The Kier molecular flexibility index (Phi) is 22.0. The number of aromatic nitrogens is 4. The second kappa shape index (κ2) is 27.3. The van der Waals surface area contributed by atoms with Gasteiger partial charge in [-0.15, -0.1) is 0 Å². The van der Waals surface area contributed by atoms with Gasteiger partial charge in [-0.25, -0.2) is 36.5 Å². The number of hydrogen-bond acceptors (Lipinski definition) is 14. The zero-order valence-corrected chi connectivity index (χ0v) is 34.9. The monoisotopic (exact) mass is 908 g/mol. The third-order valence-corrected chi connectivity index (χ3v) is 9.16. The van der Waals surface area contributed by atoms with Gasteiger partial charge in [-0.3, -0.25) is 29.0 Å². The molecule has 0 radical (unpaired) electrons. The molecule has 2 aliphatic heterocycles. The van der Waals surface area contributed by atoms with E-state index >= 15 is 0 Å². The molecule has 24 heteroatoms. The van der Waals surface area contributed by atoms with E-state index in [1.807, 2.05) is 9.80 Å². The predicted molar refractivity (Wildman–Crippen MR) is 214 cm³/mol. The summed E-state index contributed by atoms with van der Waals surface area (Å²) in [5, 5.41) is 23.5. The number of benzene rings is 2. The average Bonchev–Trinajstić information content (AvgIpc) is 3.95. The van der Waals surface area contributed by atoms with E-state index in [0.29, 0.717) is 37.8 Å². The summed E-state index contributed by atoms with van der Waals surface area (Å²) in [4.78, 5) is 67.1. The number of piperazine rings is 2. The lowest BCUT2D eigenvalue weighted by Gasteiger charge is -2.34. The van der Waals surface area contributed by atoms with Crippen molar-refractivity contribution in [1.29, 1.82) is 0 Å². The van der Waals surface area contributed by atoms with Gasteiger partial charge in [0.05, 0.1) is 49.2 Å². The first-order valence-corrected chi connectivity index (χ1v) is 19.4. The fourth-order valence-electron chi connectivity index (χ4n) is 5.82. The van der Waals surface area contributed by atoms with Gasteiger partial charge in [0.1, 0.15) is 0 Å². The highest BCUT2D eigenvalue weighted by Crippen LogP contribution is 2.15. The van der Waals surface area contributed by atoms with Crippen LogP contribution in [0, 0.1) is 23.3 Å². The van der Waals surface area contributed by atoms with Gasteiger partial charge in [-0.1, -0.05) is 0 Å². The van der Waals surface area contributed by atoms with E-state index in [9.17, 15) is 27.2 Å². The molecule has 0 spiro atoms. The Bertz CT molecular complexity index is 1980. The minimum absolute atomic E-state index is 0.123. The summed E-state index contributed by atoms with van der Waals surface area (Å²) in [6.07, 6.45) is 0.216. The van der Waals surface area contributed by atoms with Crippen LogP contribution in [0.4, 0.5) is 27.2 Å². The Morgan fingerprint density at radius 3 is 1.22 bits per heavy atom. The molecule has 2 saturated heterocycles. The molecule has 20 nitrogen and oxygen atoms in total. The molecule has 2 amide bonds. The van der Waals surface area contributed by atoms with Crippen LogP contribution < -0.4 is 0 Å². The number of rotatable bonds is 14. The molecular weight excluding hydrogens is 860 g/mol. The van der Waals surface area contributed by atoms with Crippen molar-refractivity contribution in [3.63, 3.8) is 0 Å². The lowest BCUT2D eigenvalue weighted by Crippen LogP contribution is -2.48. The van der Waals surface area contributed by atoms with Crippen molar-refractivity contribution < 1.29 is 75.5 Å². The van der Waals surface area contributed by atoms with E-state index in [-0.39, 0.29) is 24.8 Å². The molecule has 348 valence electrons. The zero-order chi connectivity index (χ0) is 47.0. The van der Waals surface area contributed by atoms with E-state index in [1.54, 1.807) is 38.4 Å². The van der Waals surface area contributed by atoms with Crippen LogP contribution in [0.3, 0.4) is 0 Å². The smallest absolute Gasteiger partial charge is 0.449 e. The molecule has 0 bridgehead atoms. The Morgan fingerprint density at radius 2 is 0.938 bits per heavy atom. The van der Waals surface area contributed by atoms with Crippen molar-refractivity contribution in [2.45, 2.75) is 27.1 Å². The van der Waals surface area contributed by atoms with Gasteiger partial charge < -0.3 is 39.0 Å². The van der Waals surface area contributed by atoms with Crippen molar-refractivity contribution in [2.24, 2.45) is 0 Å². The normalized spacial score (nSPS) is 13.8. The topological polar surface area (TPSA) is 228 Å². The number of hydrogen-bond donors (Lipinski definition) is 2. The standard InChI is InChI=1S/2C18H22F2N4O2.2C2H2O4/c2*1-14(25)23-8-6-22(7-9-23)10-11-26-13-15-4-5-24(21-15)16-2-3-17(19)18(20)12-16;2*3-1-6-2(4)5/h2*2-5,12H,6-11,13H2,1H3;2*1H,(H,4,5). The number of carbonyl (C=O) groups excluding carboxylic acids is 4. The second-order valence-electron chi connectivity index (χ2n) is 13.5. The Morgan fingerprint density at radius 1 is 0.578 bits per heavy atom. The fraction of sp³-hybridized carbons (Fsp3) is 0.400. The van der Waals surface area contributed by atoms with Gasteiger partial charge in [0.25, 0.3) is 0 Å². The summed E-state index contributed by atoms with van der Waals surface area (Å²) in [7, 11) is 0. The molecule has 2 aromatic carbocycles. The number of carbonyl (C=O) groups is 6. The van der Waals surface area contributed by atoms with Crippen molar-refractivity contribution >= 4 is 37.1 Å². The molecule has 2 fully saturated rings. The van der Waals surface area contributed by atoms with Gasteiger partial charge in [0, 0.05) is 104 Å². The van der Waals surface area contributed by atoms with Crippen molar-refractivity contribution in [3.05, 3.63) is 95.6 Å². The molecule has 2 aromatic heterocycles. The van der Waals surface area contributed by atoms with Gasteiger partial charge >= 0.3 is 25.3 Å². The van der Waals surface area contributed by atoms with Crippen LogP contribution in [0.2, 0.25) is 0 Å². The van der Waals surface area contributed by atoms with Crippen molar-refractivity contribution in [3.8, 4) is 11.4 Å². The highest BCUT2D eigenvalue weighted by Gasteiger charge is 2.19. The van der Waals surface area contributed by atoms with Crippen LogP contribution in [0.1, 0.15) is 25.2 Å². The van der Waals surface area contributed by atoms with Crippen molar-refractivity contribution in [2.75, 3.05) is 78.7 Å². The van der Waals surface area contributed by atoms with Crippen molar-refractivity contribution in [1.82, 2.24) is 39.2 Å². The molecule has 6 rings (SSSR count). The highest BCUT2D eigenvalue weighted by atomic mass is 19.2. The van der Waals surface area contributed by atoms with E-state index in [4.69, 9.17) is 38.9 Å². The lowest BCUT2D eigenvalue weighted by molar-refractivity contribution is -0.131. The lowest BCUT2D eigenvalue weighted by atomic mass is 10.3. The minimum Gasteiger partial charge on any atom is -0.449 e. The molecule has 0 aliphatic carbocycles. The van der Waals surface area contributed by atoms with E-state index < -0.39 is 35.6 Å². The molecule has 4 aromatic rings. The Hall–Kier alpha value is -6.76. The second-order valence-corrected chi connectivity index (χ2v) is 13.5. The van der Waals surface area contributed by atoms with E-state index in [1.165, 1.54) is 21.5 Å². The van der Waals surface area contributed by atoms with Gasteiger partial charge in [-0.05, 0) is 36.4 Å². The molecular formula is C40H48F4N8O12. The third kappa shape index (κ3) is 18.7. The first-order valence-electron chi connectivity index (χ1n) is 19.4. The molecule has 0 atom stereocenters. The summed E-state index contributed by atoms with van der Waals surface area (Å²) in [6.45, 7) is 12.8. The minimum atomic E-state index is -1.58. The van der Waals surface area contributed by atoms with Gasteiger partial charge in [-0.2, -0.15) is 10.2 Å². The summed E-state index contributed by atoms with van der Waals surface area (Å²) in [5.74, 6) is -3.32. The van der Waals surface area contributed by atoms with Crippen LogP contribution in [-0.2, 0) is 51.3 Å². The van der Waals surface area contributed by atoms with Crippen LogP contribution in [0.15, 0.2) is 60.9 Å². The number of ether oxygens (including phenoxy) is 4. The summed E-state index contributed by atoms with van der Waals surface area (Å²) in [6, 6.07) is 10.9. The first kappa shape index (κ1) is 51.6. The molecule has 0 unspecified atom stereocenters. The summed E-state index contributed by atoms with van der Waals surface area (Å²) < 4.78 is 73.4. The number of nitrogens with zero attached hydrogens (tertiary/aromatic N) is 8. The maximum Gasteiger partial charge on any atom is 0.513 e. The highest BCUT2D eigenvalue weighted by molar-refractivity contribution is 5.73. The quantitative estimate of drug-likeness (QED) is 0.0608. The molecule has 0 saturated carbocycles. The van der Waals surface area contributed by atoms with Crippen LogP contribution in [0.25, 0.3) is 11.4 Å². The van der Waals surface area contributed by atoms with Gasteiger partial charge in [0.2, 0.25) is 11.8 Å². The fourth-order valence-corrected chi connectivity index (χ4v) is 5.82. The zero-order valence-electron chi connectivity index (χ0n) is 34.9.